The van der Waals surface area contributed by atoms with Crippen LogP contribution >= 0.6 is 0 Å². The first-order chi connectivity index (χ1) is 19.8. The molecule has 1 aliphatic heterocycles. The summed E-state index contributed by atoms with van der Waals surface area (Å²) in [6.07, 6.45) is 7.45. The average Bonchev–Trinajstić information content (AvgIpc) is 3.47. The maximum absolute atomic E-state index is 12.7. The monoisotopic (exact) mass is 564 g/mol. The zero-order chi connectivity index (χ0) is 28.6. The predicted molar refractivity (Wildman–Crippen MR) is 163 cm³/mol. The van der Waals surface area contributed by atoms with Gasteiger partial charge >= 0.3 is 10.1 Å². The zero-order valence-corrected chi connectivity index (χ0v) is 24.1. The van der Waals surface area contributed by atoms with Crippen LogP contribution in [0.4, 0.5) is 11.4 Å². The Hall–Kier alpha value is -4.36. The van der Waals surface area contributed by atoms with Gasteiger partial charge in [-0.15, -0.1) is 0 Å². The summed E-state index contributed by atoms with van der Waals surface area (Å²) in [5, 5.41) is 3.79. The molecule has 0 saturated heterocycles. The van der Waals surface area contributed by atoms with Crippen molar-refractivity contribution in [3.05, 3.63) is 125 Å². The first-order valence-corrected chi connectivity index (χ1v) is 15.1. The van der Waals surface area contributed by atoms with Crippen molar-refractivity contribution >= 4 is 27.7 Å². The molecule has 0 fully saturated rings. The van der Waals surface area contributed by atoms with Crippen LogP contribution in [-0.4, -0.2) is 21.7 Å². The Bertz CT molecular complexity index is 1740. The highest BCUT2D eigenvalue weighted by atomic mass is 32.2. The number of methoxy groups -OCH3 is 1. The van der Waals surface area contributed by atoms with Gasteiger partial charge in [0, 0.05) is 17.8 Å². The fraction of sp³-hybridized carbons (Fsp3) is 0.206. The van der Waals surface area contributed by atoms with Crippen LogP contribution in [0.3, 0.4) is 0 Å². The number of ether oxygens (including phenoxy) is 1. The molecule has 2 aliphatic rings. The molecule has 0 bridgehead atoms. The Balaban J connectivity index is 1.17. The van der Waals surface area contributed by atoms with E-state index in [9.17, 15) is 8.42 Å². The van der Waals surface area contributed by atoms with E-state index < -0.39 is 10.1 Å². The average molecular weight is 565 g/mol. The summed E-state index contributed by atoms with van der Waals surface area (Å²) in [5.41, 5.74) is 7.68. The van der Waals surface area contributed by atoms with Crippen molar-refractivity contribution in [2.45, 2.75) is 37.1 Å². The fourth-order valence-corrected chi connectivity index (χ4v) is 6.60. The van der Waals surface area contributed by atoms with Gasteiger partial charge in [-0.2, -0.15) is 8.42 Å². The third kappa shape index (κ3) is 5.50. The van der Waals surface area contributed by atoms with Gasteiger partial charge in [0.15, 0.2) is 11.5 Å². The SMILES string of the molecule is COc1cc(C=Nc2ccc([C@@H]3Nc4ccc(C)cc4[C@H]4C=CC[C@@H]43)cc2)ccc1OS(=O)(=O)c1ccc(C)cc1. The molecule has 1 heterocycles. The minimum absolute atomic E-state index is 0.0849. The number of hydrogen-bond acceptors (Lipinski definition) is 6. The number of aliphatic imine (C=N–C) groups is 1. The van der Waals surface area contributed by atoms with Gasteiger partial charge < -0.3 is 14.2 Å². The number of nitrogens with zero attached hydrogens (tertiary/aromatic N) is 1. The minimum atomic E-state index is -3.99. The molecule has 41 heavy (non-hydrogen) atoms. The summed E-state index contributed by atoms with van der Waals surface area (Å²) >= 11 is 0. The van der Waals surface area contributed by atoms with E-state index in [2.05, 4.69) is 59.7 Å². The van der Waals surface area contributed by atoms with Crippen LogP contribution in [0, 0.1) is 19.8 Å². The second-order valence-electron chi connectivity index (χ2n) is 10.7. The lowest BCUT2D eigenvalue weighted by atomic mass is 9.76. The highest BCUT2D eigenvalue weighted by Gasteiger charge is 2.37. The molecular weight excluding hydrogens is 532 g/mol. The van der Waals surface area contributed by atoms with Crippen LogP contribution in [0.15, 0.2) is 107 Å². The molecule has 0 spiro atoms. The van der Waals surface area contributed by atoms with E-state index in [4.69, 9.17) is 8.92 Å². The number of anilines is 1. The van der Waals surface area contributed by atoms with E-state index in [1.165, 1.54) is 41.6 Å². The number of hydrogen-bond donors (Lipinski definition) is 1. The van der Waals surface area contributed by atoms with Gasteiger partial charge in [-0.3, -0.25) is 4.99 Å². The Labute approximate surface area is 241 Å². The third-order valence-electron chi connectivity index (χ3n) is 7.83. The molecule has 208 valence electrons. The topological polar surface area (TPSA) is 77.0 Å². The highest BCUT2D eigenvalue weighted by Crippen LogP contribution is 2.50. The molecule has 0 amide bonds. The first-order valence-electron chi connectivity index (χ1n) is 13.7. The second kappa shape index (κ2) is 10.9. The van der Waals surface area contributed by atoms with Crippen LogP contribution in [0.5, 0.6) is 11.5 Å². The molecule has 6 nitrogen and oxygen atoms in total. The lowest BCUT2D eigenvalue weighted by molar-refractivity contribution is 0.390. The summed E-state index contributed by atoms with van der Waals surface area (Å²) in [5.74, 6) is 1.34. The molecule has 0 saturated carbocycles. The van der Waals surface area contributed by atoms with Crippen molar-refractivity contribution in [3.8, 4) is 11.5 Å². The Morgan fingerprint density at radius 3 is 2.39 bits per heavy atom. The lowest BCUT2D eigenvalue weighted by Crippen LogP contribution is -2.29. The van der Waals surface area contributed by atoms with Gasteiger partial charge in [0.25, 0.3) is 0 Å². The summed E-state index contributed by atoms with van der Waals surface area (Å²) in [6.45, 7) is 4.04. The van der Waals surface area contributed by atoms with E-state index in [0.717, 1.165) is 23.2 Å². The zero-order valence-electron chi connectivity index (χ0n) is 23.2. The van der Waals surface area contributed by atoms with Crippen molar-refractivity contribution in [1.29, 1.82) is 0 Å². The van der Waals surface area contributed by atoms with Crippen LogP contribution < -0.4 is 14.2 Å². The molecule has 0 aromatic heterocycles. The van der Waals surface area contributed by atoms with Crippen molar-refractivity contribution in [1.82, 2.24) is 0 Å². The Kier molecular flexibility index (Phi) is 7.14. The smallest absolute Gasteiger partial charge is 0.339 e. The van der Waals surface area contributed by atoms with E-state index >= 15 is 0 Å². The molecule has 4 aromatic rings. The van der Waals surface area contributed by atoms with E-state index in [-0.39, 0.29) is 16.7 Å². The molecule has 4 aromatic carbocycles. The number of allylic oxidation sites excluding steroid dienone is 2. The quantitative estimate of drug-likeness (QED) is 0.142. The van der Waals surface area contributed by atoms with Crippen LogP contribution in [0.25, 0.3) is 0 Å². The van der Waals surface area contributed by atoms with Gasteiger partial charge in [0.05, 0.1) is 18.8 Å². The second-order valence-corrected chi connectivity index (χ2v) is 12.2. The molecule has 1 N–H and O–H groups in total. The first kappa shape index (κ1) is 26.8. The molecular formula is C34H32N2O4S. The number of aryl methyl sites for hydroxylation is 2. The van der Waals surface area contributed by atoms with E-state index in [0.29, 0.717) is 17.6 Å². The summed E-state index contributed by atoms with van der Waals surface area (Å²) < 4.78 is 36.3. The number of benzene rings is 4. The number of rotatable bonds is 7. The fourth-order valence-electron chi connectivity index (χ4n) is 5.67. The number of fused-ring (bicyclic) bond motifs is 3. The normalized spacial score (nSPS) is 19.4. The largest absolute Gasteiger partial charge is 0.493 e. The minimum Gasteiger partial charge on any atom is -0.493 e. The molecule has 0 radical (unpaired) electrons. The highest BCUT2D eigenvalue weighted by molar-refractivity contribution is 7.87. The van der Waals surface area contributed by atoms with Crippen LogP contribution in [0.2, 0.25) is 0 Å². The summed E-state index contributed by atoms with van der Waals surface area (Å²) in [7, 11) is -2.52. The Morgan fingerprint density at radius 1 is 0.878 bits per heavy atom. The molecule has 7 heteroatoms. The van der Waals surface area contributed by atoms with Gasteiger partial charge in [-0.25, -0.2) is 0 Å². The summed E-state index contributed by atoms with van der Waals surface area (Å²) in [4.78, 5) is 4.72. The summed E-state index contributed by atoms with van der Waals surface area (Å²) in [6, 6.07) is 26.8. The van der Waals surface area contributed by atoms with Crippen molar-refractivity contribution < 1.29 is 17.3 Å². The van der Waals surface area contributed by atoms with Crippen LogP contribution in [-0.2, 0) is 10.1 Å². The van der Waals surface area contributed by atoms with E-state index in [1.807, 2.05) is 19.1 Å². The molecule has 6 rings (SSSR count). The van der Waals surface area contributed by atoms with Gasteiger partial charge in [0.2, 0.25) is 0 Å². The molecule has 0 unspecified atom stereocenters. The lowest BCUT2D eigenvalue weighted by Gasteiger charge is -2.37. The van der Waals surface area contributed by atoms with Gasteiger partial charge in [-0.05, 0) is 91.4 Å². The van der Waals surface area contributed by atoms with Crippen molar-refractivity contribution in [2.75, 3.05) is 12.4 Å². The van der Waals surface area contributed by atoms with Crippen molar-refractivity contribution in [3.63, 3.8) is 0 Å². The Morgan fingerprint density at radius 2 is 1.63 bits per heavy atom. The molecule has 1 aliphatic carbocycles. The maximum Gasteiger partial charge on any atom is 0.339 e. The third-order valence-corrected chi connectivity index (χ3v) is 9.08. The number of nitrogens with one attached hydrogen (secondary N) is 1. The van der Waals surface area contributed by atoms with Crippen LogP contribution in [0.1, 0.15) is 46.2 Å². The maximum atomic E-state index is 12.7. The van der Waals surface area contributed by atoms with Gasteiger partial charge in [0.1, 0.15) is 4.90 Å². The predicted octanol–water partition coefficient (Wildman–Crippen LogP) is 7.66. The van der Waals surface area contributed by atoms with E-state index in [1.54, 1.807) is 36.5 Å². The van der Waals surface area contributed by atoms with Gasteiger partial charge in [-0.1, -0.05) is 59.7 Å². The standard InChI is InChI=1S/C34H32N2O4S/c1-22-7-15-27(16-8-22)41(37,38)40-32-18-10-24(20-33(32)39-3)21-35-26-13-11-25(12-14-26)34-29-6-4-5-28(29)30-19-23(2)9-17-31(30)36-34/h4-5,7-21,28-29,34,36H,6H2,1-3H3/t28-,29-,34-/m0/s1. The van der Waals surface area contributed by atoms with Crippen molar-refractivity contribution in [2.24, 2.45) is 10.9 Å². The molecule has 3 atom stereocenters.